The number of benzene rings is 2. The van der Waals surface area contributed by atoms with Gasteiger partial charge in [0.05, 0.1) is 18.8 Å². The van der Waals surface area contributed by atoms with Crippen molar-refractivity contribution in [1.82, 2.24) is 15.2 Å². The summed E-state index contributed by atoms with van der Waals surface area (Å²) in [7, 11) is 2.10. The van der Waals surface area contributed by atoms with Gasteiger partial charge >= 0.3 is 5.97 Å². The second-order valence-electron chi connectivity index (χ2n) is 10.9. The molecule has 1 aliphatic rings. The third kappa shape index (κ3) is 9.19. The van der Waals surface area contributed by atoms with E-state index in [0.717, 1.165) is 47.5 Å². The van der Waals surface area contributed by atoms with Crippen molar-refractivity contribution in [3.63, 3.8) is 0 Å². The van der Waals surface area contributed by atoms with Crippen molar-refractivity contribution in [1.29, 1.82) is 0 Å². The maximum Gasteiger partial charge on any atom is 0.303 e. The fraction of sp³-hybridized carbons (Fsp3) is 0.424. The average Bonchev–Trinajstić information content (AvgIpc) is 3.00. The van der Waals surface area contributed by atoms with Crippen molar-refractivity contribution in [2.75, 3.05) is 20.1 Å². The van der Waals surface area contributed by atoms with E-state index in [1.807, 2.05) is 72.9 Å². The van der Waals surface area contributed by atoms with Crippen molar-refractivity contribution in [2.24, 2.45) is 5.92 Å². The molecule has 1 saturated heterocycles. The molecule has 0 spiro atoms. The van der Waals surface area contributed by atoms with E-state index < -0.39 is 12.3 Å². The monoisotopic (exact) mass is 575 g/mol. The van der Waals surface area contributed by atoms with Gasteiger partial charge in [0.25, 0.3) is 0 Å². The molecule has 0 saturated carbocycles. The molecule has 9 heteroatoms. The minimum Gasteiger partial charge on any atom is -0.481 e. The number of carboxylic acids is 1. The lowest BCUT2D eigenvalue weighted by Gasteiger charge is -2.42. The molecule has 9 nitrogen and oxygen atoms in total. The SMILES string of the molecule is C[C@H]1[C@@H](CN(C)CCc2ccccn2)O[C@@H](c2ccc(CNC(=O)CCCC(=O)O)cc2)O[C@H]1c1ccc(CO)cc1. The number of hydrogen-bond donors (Lipinski definition) is 3. The number of aromatic nitrogens is 1. The zero-order valence-electron chi connectivity index (χ0n) is 24.3. The third-order valence-electron chi connectivity index (χ3n) is 7.63. The smallest absolute Gasteiger partial charge is 0.303 e. The first kappa shape index (κ1) is 31.3. The van der Waals surface area contributed by atoms with Crippen molar-refractivity contribution in [3.05, 3.63) is 101 Å². The highest BCUT2D eigenvalue weighted by molar-refractivity contribution is 5.76. The van der Waals surface area contributed by atoms with E-state index in [-0.39, 0.29) is 43.5 Å². The summed E-state index contributed by atoms with van der Waals surface area (Å²) in [6.07, 6.45) is 2.29. The van der Waals surface area contributed by atoms with Crippen LogP contribution in [0.4, 0.5) is 0 Å². The third-order valence-corrected chi connectivity index (χ3v) is 7.63. The summed E-state index contributed by atoms with van der Waals surface area (Å²) in [5.41, 5.74) is 4.76. The lowest BCUT2D eigenvalue weighted by atomic mass is 9.90. The Hall–Kier alpha value is -3.63. The Morgan fingerprint density at radius 3 is 2.33 bits per heavy atom. The molecule has 1 amide bonds. The Morgan fingerprint density at radius 1 is 0.952 bits per heavy atom. The summed E-state index contributed by atoms with van der Waals surface area (Å²) >= 11 is 0. The maximum atomic E-state index is 12.0. The van der Waals surface area contributed by atoms with E-state index in [9.17, 15) is 14.7 Å². The molecule has 2 aromatic carbocycles. The largest absolute Gasteiger partial charge is 0.481 e. The van der Waals surface area contributed by atoms with E-state index in [1.54, 1.807) is 0 Å². The standard InChI is InChI=1S/C33H41N3O6/c1-23-29(21-36(2)19-17-28-6-3-4-18-34-28)41-33(42-32(23)26-13-11-25(22-37)12-14-26)27-15-9-24(10-16-27)20-35-30(38)7-5-8-31(39)40/h3-4,6,9-16,18,23,29,32-33,37H,5,7-8,17,19-22H2,1-2H3,(H,35,38)(H,39,40)/t23-,29+,32+,33+/m0/s1. The summed E-state index contributed by atoms with van der Waals surface area (Å²) in [4.78, 5) is 29.4. The van der Waals surface area contributed by atoms with Gasteiger partial charge < -0.3 is 29.9 Å². The number of likely N-dealkylation sites (N-methyl/N-ethyl adjacent to an activating group) is 1. The van der Waals surface area contributed by atoms with Gasteiger partial charge in [-0.3, -0.25) is 14.6 Å². The average molecular weight is 576 g/mol. The predicted octanol–water partition coefficient (Wildman–Crippen LogP) is 4.41. The van der Waals surface area contributed by atoms with Crippen molar-refractivity contribution in [2.45, 2.75) is 64.3 Å². The number of rotatable bonds is 14. The minimum atomic E-state index is -0.900. The van der Waals surface area contributed by atoms with E-state index >= 15 is 0 Å². The number of aliphatic carboxylic acids is 1. The molecular weight excluding hydrogens is 534 g/mol. The number of nitrogens with one attached hydrogen (secondary N) is 1. The fourth-order valence-corrected chi connectivity index (χ4v) is 5.06. The number of carboxylic acid groups (broad SMARTS) is 1. The molecule has 0 aliphatic carbocycles. The number of aliphatic hydroxyl groups excluding tert-OH is 1. The molecule has 0 unspecified atom stereocenters. The minimum absolute atomic E-state index is 0.00801. The number of carbonyl (C=O) groups excluding carboxylic acids is 1. The Bertz CT molecular complexity index is 1270. The predicted molar refractivity (Wildman–Crippen MR) is 158 cm³/mol. The van der Waals surface area contributed by atoms with Gasteiger partial charge in [-0.25, -0.2) is 0 Å². The zero-order valence-corrected chi connectivity index (χ0v) is 24.3. The van der Waals surface area contributed by atoms with E-state index in [0.29, 0.717) is 13.0 Å². The molecule has 0 radical (unpaired) electrons. The quantitative estimate of drug-likeness (QED) is 0.259. The molecule has 0 bridgehead atoms. The van der Waals surface area contributed by atoms with Crippen LogP contribution in [-0.2, 0) is 38.6 Å². The van der Waals surface area contributed by atoms with Crippen LogP contribution in [0.2, 0.25) is 0 Å². The molecule has 3 N–H and O–H groups in total. The number of aliphatic hydroxyl groups is 1. The lowest BCUT2D eigenvalue weighted by Crippen LogP contribution is -2.43. The summed E-state index contributed by atoms with van der Waals surface area (Å²) < 4.78 is 13.1. The van der Waals surface area contributed by atoms with E-state index in [1.165, 1.54) is 0 Å². The molecular formula is C33H41N3O6. The molecule has 1 aliphatic heterocycles. The van der Waals surface area contributed by atoms with Crippen LogP contribution in [-0.4, -0.2) is 58.2 Å². The van der Waals surface area contributed by atoms with Gasteiger partial charge in [0.15, 0.2) is 6.29 Å². The molecule has 1 fully saturated rings. The van der Waals surface area contributed by atoms with E-state index in [2.05, 4.69) is 29.2 Å². The highest BCUT2D eigenvalue weighted by Crippen LogP contribution is 2.41. The Labute approximate surface area is 247 Å². The molecule has 42 heavy (non-hydrogen) atoms. The van der Waals surface area contributed by atoms with Crippen LogP contribution in [0.1, 0.15) is 66.5 Å². The molecule has 2 heterocycles. The fourth-order valence-electron chi connectivity index (χ4n) is 5.06. The van der Waals surface area contributed by atoms with Crippen LogP contribution in [0.3, 0.4) is 0 Å². The van der Waals surface area contributed by atoms with Crippen LogP contribution in [0.15, 0.2) is 72.9 Å². The van der Waals surface area contributed by atoms with Crippen LogP contribution in [0, 0.1) is 5.92 Å². The zero-order chi connectivity index (χ0) is 29.9. The summed E-state index contributed by atoms with van der Waals surface area (Å²) in [5, 5.41) is 21.1. The number of nitrogens with zero attached hydrogens (tertiary/aromatic N) is 2. The van der Waals surface area contributed by atoms with Crippen LogP contribution in [0.25, 0.3) is 0 Å². The first-order chi connectivity index (χ1) is 20.3. The lowest BCUT2D eigenvalue weighted by molar-refractivity contribution is -0.275. The number of pyridine rings is 1. The van der Waals surface area contributed by atoms with Crippen molar-refractivity contribution >= 4 is 11.9 Å². The van der Waals surface area contributed by atoms with Gasteiger partial charge in [0.2, 0.25) is 5.91 Å². The van der Waals surface area contributed by atoms with Crippen LogP contribution in [0.5, 0.6) is 0 Å². The Kier molecular flexibility index (Phi) is 11.6. The first-order valence-electron chi connectivity index (χ1n) is 14.5. The normalized spacial score (nSPS) is 20.4. The Morgan fingerprint density at radius 2 is 1.67 bits per heavy atom. The van der Waals surface area contributed by atoms with E-state index in [4.69, 9.17) is 14.6 Å². The Balaban J connectivity index is 1.43. The highest BCUT2D eigenvalue weighted by atomic mass is 16.7. The summed E-state index contributed by atoms with van der Waals surface area (Å²) in [6, 6.07) is 21.6. The second-order valence-corrected chi connectivity index (χ2v) is 10.9. The summed E-state index contributed by atoms with van der Waals surface area (Å²) in [5.74, 6) is -0.991. The number of ether oxygens (including phenoxy) is 2. The maximum absolute atomic E-state index is 12.0. The number of amides is 1. The van der Waals surface area contributed by atoms with Gasteiger partial charge in [-0.1, -0.05) is 61.5 Å². The van der Waals surface area contributed by atoms with Crippen molar-refractivity contribution in [3.8, 4) is 0 Å². The summed E-state index contributed by atoms with van der Waals surface area (Å²) in [6.45, 7) is 4.08. The first-order valence-corrected chi connectivity index (χ1v) is 14.5. The molecule has 1 aromatic heterocycles. The molecule has 3 aromatic rings. The van der Waals surface area contributed by atoms with Gasteiger partial charge in [-0.15, -0.1) is 0 Å². The molecule has 4 rings (SSSR count). The van der Waals surface area contributed by atoms with Crippen LogP contribution < -0.4 is 5.32 Å². The van der Waals surface area contributed by atoms with Gasteiger partial charge in [0, 0.05) is 62.3 Å². The van der Waals surface area contributed by atoms with Crippen LogP contribution >= 0.6 is 0 Å². The molecule has 224 valence electrons. The second kappa shape index (κ2) is 15.6. The molecule has 4 atom stereocenters. The van der Waals surface area contributed by atoms with Gasteiger partial charge in [-0.2, -0.15) is 0 Å². The van der Waals surface area contributed by atoms with Gasteiger partial charge in [-0.05, 0) is 42.3 Å². The number of hydrogen-bond acceptors (Lipinski definition) is 7. The topological polar surface area (TPSA) is 121 Å². The van der Waals surface area contributed by atoms with Gasteiger partial charge in [0.1, 0.15) is 0 Å². The highest BCUT2D eigenvalue weighted by Gasteiger charge is 2.38. The van der Waals surface area contributed by atoms with Crippen molar-refractivity contribution < 1.29 is 29.3 Å². The number of carbonyl (C=O) groups is 2.